The Morgan fingerprint density at radius 2 is 2.00 bits per heavy atom. The molecule has 2 aromatic rings. The van der Waals surface area contributed by atoms with Crippen molar-refractivity contribution in [2.75, 3.05) is 20.1 Å². The molecule has 0 radical (unpaired) electrons. The number of aromatic amines is 1. The minimum atomic E-state index is 0.202. The molecule has 1 aliphatic carbocycles. The summed E-state index contributed by atoms with van der Waals surface area (Å²) in [6.07, 6.45) is 6.41. The SMILES string of the molecule is CCC1c2[nH]c3ccccc3c2CCN1C(=O)C1CCC(CNC)CC1. The number of amides is 1. The molecule has 4 heteroatoms. The van der Waals surface area contributed by atoms with E-state index < -0.39 is 0 Å². The van der Waals surface area contributed by atoms with E-state index in [2.05, 4.69) is 46.4 Å². The van der Waals surface area contributed by atoms with Crippen molar-refractivity contribution in [3.05, 3.63) is 35.5 Å². The predicted molar refractivity (Wildman–Crippen MR) is 106 cm³/mol. The summed E-state index contributed by atoms with van der Waals surface area (Å²) in [5.74, 6) is 1.36. The Morgan fingerprint density at radius 1 is 1.23 bits per heavy atom. The molecule has 0 spiro atoms. The van der Waals surface area contributed by atoms with Gasteiger partial charge >= 0.3 is 0 Å². The lowest BCUT2D eigenvalue weighted by Gasteiger charge is -2.39. The van der Waals surface area contributed by atoms with Gasteiger partial charge in [-0.3, -0.25) is 4.79 Å². The number of carbonyl (C=O) groups excluding carboxylic acids is 1. The highest BCUT2D eigenvalue weighted by Crippen LogP contribution is 2.38. The number of hydrogen-bond acceptors (Lipinski definition) is 2. The molecular weight excluding hydrogens is 322 g/mol. The summed E-state index contributed by atoms with van der Waals surface area (Å²) in [5, 5.41) is 4.62. The smallest absolute Gasteiger partial charge is 0.226 e. The van der Waals surface area contributed by atoms with Gasteiger partial charge in [0.15, 0.2) is 0 Å². The summed E-state index contributed by atoms with van der Waals surface area (Å²) in [5.41, 5.74) is 3.91. The summed E-state index contributed by atoms with van der Waals surface area (Å²) in [4.78, 5) is 19.1. The average Bonchev–Trinajstić information content (AvgIpc) is 3.06. The van der Waals surface area contributed by atoms with Crippen LogP contribution in [0, 0.1) is 11.8 Å². The monoisotopic (exact) mass is 353 g/mol. The van der Waals surface area contributed by atoms with Gasteiger partial charge in [-0.25, -0.2) is 0 Å². The van der Waals surface area contributed by atoms with Gasteiger partial charge in [0.05, 0.1) is 6.04 Å². The molecule has 26 heavy (non-hydrogen) atoms. The Labute approximate surface area is 156 Å². The van der Waals surface area contributed by atoms with Crippen LogP contribution in [-0.4, -0.2) is 35.9 Å². The van der Waals surface area contributed by atoms with Gasteiger partial charge in [0.25, 0.3) is 0 Å². The standard InChI is InChI=1S/C22H31N3O/c1-3-20-21-18(17-6-4-5-7-19(17)24-21)12-13-25(20)22(26)16-10-8-15(9-11-16)14-23-2/h4-7,15-16,20,23-24H,3,8-14H2,1-2H3. The highest BCUT2D eigenvalue weighted by Gasteiger charge is 2.36. The summed E-state index contributed by atoms with van der Waals surface area (Å²) < 4.78 is 0. The van der Waals surface area contributed by atoms with Crippen molar-refractivity contribution < 1.29 is 4.79 Å². The second kappa shape index (κ2) is 7.43. The molecule has 1 saturated carbocycles. The molecule has 2 heterocycles. The molecule has 1 aromatic carbocycles. The molecule has 1 amide bonds. The van der Waals surface area contributed by atoms with Gasteiger partial charge < -0.3 is 15.2 Å². The second-order valence-corrected chi connectivity index (χ2v) is 8.04. The number of nitrogens with zero attached hydrogens (tertiary/aromatic N) is 1. The number of carbonyl (C=O) groups is 1. The van der Waals surface area contributed by atoms with Crippen molar-refractivity contribution >= 4 is 16.8 Å². The maximum absolute atomic E-state index is 13.3. The van der Waals surface area contributed by atoms with Crippen LogP contribution in [0.25, 0.3) is 10.9 Å². The third-order valence-corrected chi connectivity index (χ3v) is 6.52. The molecule has 4 rings (SSSR count). The number of aromatic nitrogens is 1. The van der Waals surface area contributed by atoms with Crippen LogP contribution >= 0.6 is 0 Å². The summed E-state index contributed by atoms with van der Waals surface area (Å²) in [7, 11) is 2.02. The third kappa shape index (κ3) is 3.05. The second-order valence-electron chi connectivity index (χ2n) is 8.04. The molecule has 1 atom stereocenters. The number of nitrogens with one attached hydrogen (secondary N) is 2. The Morgan fingerprint density at radius 3 is 2.73 bits per heavy atom. The zero-order valence-corrected chi connectivity index (χ0v) is 16.1. The number of H-pyrrole nitrogens is 1. The fourth-order valence-electron chi connectivity index (χ4n) is 5.14. The average molecular weight is 354 g/mol. The first kappa shape index (κ1) is 17.6. The van der Waals surface area contributed by atoms with E-state index in [1.165, 1.54) is 35.0 Å². The van der Waals surface area contributed by atoms with Crippen LogP contribution in [0.5, 0.6) is 0 Å². The van der Waals surface area contributed by atoms with E-state index in [1.54, 1.807) is 0 Å². The van der Waals surface area contributed by atoms with Crippen molar-refractivity contribution in [2.45, 2.75) is 51.5 Å². The van der Waals surface area contributed by atoms with Crippen LogP contribution in [0.4, 0.5) is 0 Å². The van der Waals surface area contributed by atoms with E-state index in [0.717, 1.165) is 44.7 Å². The molecule has 140 valence electrons. The van der Waals surface area contributed by atoms with Crippen molar-refractivity contribution in [1.29, 1.82) is 0 Å². The maximum Gasteiger partial charge on any atom is 0.226 e. The van der Waals surface area contributed by atoms with Crippen LogP contribution in [-0.2, 0) is 11.2 Å². The minimum Gasteiger partial charge on any atom is -0.356 e. The number of benzene rings is 1. The van der Waals surface area contributed by atoms with Gasteiger partial charge in [-0.15, -0.1) is 0 Å². The van der Waals surface area contributed by atoms with Gasteiger partial charge in [-0.2, -0.15) is 0 Å². The van der Waals surface area contributed by atoms with E-state index in [1.807, 2.05) is 7.05 Å². The zero-order chi connectivity index (χ0) is 18.1. The lowest BCUT2D eigenvalue weighted by molar-refractivity contribution is -0.140. The van der Waals surface area contributed by atoms with Crippen LogP contribution < -0.4 is 5.32 Å². The van der Waals surface area contributed by atoms with Crippen LogP contribution in [0.15, 0.2) is 24.3 Å². The molecule has 4 nitrogen and oxygen atoms in total. The van der Waals surface area contributed by atoms with Gasteiger partial charge in [-0.1, -0.05) is 25.1 Å². The number of rotatable bonds is 4. The van der Waals surface area contributed by atoms with Gasteiger partial charge in [0, 0.05) is 29.1 Å². The highest BCUT2D eigenvalue weighted by molar-refractivity contribution is 5.86. The molecule has 2 N–H and O–H groups in total. The lowest BCUT2D eigenvalue weighted by Crippen LogP contribution is -2.44. The van der Waals surface area contributed by atoms with E-state index >= 15 is 0 Å². The van der Waals surface area contributed by atoms with Crippen molar-refractivity contribution in [3.63, 3.8) is 0 Å². The molecule has 1 fully saturated rings. The Kier molecular flexibility index (Phi) is 5.03. The van der Waals surface area contributed by atoms with E-state index in [9.17, 15) is 4.79 Å². The molecule has 2 aliphatic rings. The van der Waals surface area contributed by atoms with Gasteiger partial charge in [-0.05, 0) is 69.7 Å². The number of hydrogen-bond donors (Lipinski definition) is 2. The molecule has 0 bridgehead atoms. The predicted octanol–water partition coefficient (Wildman–Crippen LogP) is 4.03. The Hall–Kier alpha value is -1.81. The molecule has 1 unspecified atom stereocenters. The third-order valence-electron chi connectivity index (χ3n) is 6.52. The highest BCUT2D eigenvalue weighted by atomic mass is 16.2. The molecule has 1 aliphatic heterocycles. The minimum absolute atomic E-state index is 0.202. The molecule has 0 saturated heterocycles. The summed E-state index contributed by atoms with van der Waals surface area (Å²) >= 11 is 0. The van der Waals surface area contributed by atoms with E-state index in [-0.39, 0.29) is 12.0 Å². The lowest BCUT2D eigenvalue weighted by atomic mass is 9.80. The van der Waals surface area contributed by atoms with Gasteiger partial charge in [0.2, 0.25) is 5.91 Å². The fraction of sp³-hybridized carbons (Fsp3) is 0.591. The topological polar surface area (TPSA) is 48.1 Å². The van der Waals surface area contributed by atoms with E-state index in [0.29, 0.717) is 5.91 Å². The number of para-hydroxylation sites is 1. The quantitative estimate of drug-likeness (QED) is 0.872. The largest absolute Gasteiger partial charge is 0.356 e. The van der Waals surface area contributed by atoms with Crippen LogP contribution in [0.3, 0.4) is 0 Å². The number of fused-ring (bicyclic) bond motifs is 3. The first-order valence-electron chi connectivity index (χ1n) is 10.3. The first-order valence-corrected chi connectivity index (χ1v) is 10.3. The Bertz CT molecular complexity index is 773. The summed E-state index contributed by atoms with van der Waals surface area (Å²) in [6, 6.07) is 8.75. The van der Waals surface area contributed by atoms with Gasteiger partial charge in [0.1, 0.15) is 0 Å². The molecule has 1 aromatic heterocycles. The zero-order valence-electron chi connectivity index (χ0n) is 16.1. The Balaban J connectivity index is 1.53. The van der Waals surface area contributed by atoms with E-state index in [4.69, 9.17) is 0 Å². The fourth-order valence-corrected chi connectivity index (χ4v) is 5.14. The normalized spacial score (nSPS) is 26.1. The van der Waals surface area contributed by atoms with Crippen LogP contribution in [0.1, 0.15) is 56.3 Å². The first-order chi connectivity index (χ1) is 12.7. The summed E-state index contributed by atoms with van der Waals surface area (Å²) in [6.45, 7) is 4.15. The van der Waals surface area contributed by atoms with Crippen LogP contribution in [0.2, 0.25) is 0 Å². The van der Waals surface area contributed by atoms with Crippen molar-refractivity contribution in [1.82, 2.24) is 15.2 Å². The van der Waals surface area contributed by atoms with Crippen molar-refractivity contribution in [2.24, 2.45) is 11.8 Å². The van der Waals surface area contributed by atoms with Crippen molar-refractivity contribution in [3.8, 4) is 0 Å². The molecular formula is C22H31N3O. The maximum atomic E-state index is 13.3.